The summed E-state index contributed by atoms with van der Waals surface area (Å²) in [6.07, 6.45) is 12.9. The molecule has 14 rings (SSSR count). The number of anilines is 4. The molecule has 2 fully saturated rings. The van der Waals surface area contributed by atoms with Gasteiger partial charge in [-0.3, -0.25) is 24.9 Å². The number of nitrogens with two attached hydrogens (primary N) is 3. The molecule has 28 nitrogen and oxygen atoms in total. The van der Waals surface area contributed by atoms with E-state index in [9.17, 15) is 15.8 Å². The molecule has 2 aliphatic heterocycles. The van der Waals surface area contributed by atoms with Crippen LogP contribution in [0.1, 0.15) is 95.0 Å². The molecule has 12 aromatic rings. The Morgan fingerprint density at radius 1 is 0.491 bits per heavy atom. The number of aryl methyl sites for hydroxylation is 2. The predicted octanol–water partition coefficient (Wildman–Crippen LogP) is 12.5. The lowest BCUT2D eigenvalue weighted by Crippen LogP contribution is -2.39. The molecule has 0 bridgehead atoms. The van der Waals surface area contributed by atoms with Gasteiger partial charge in [-0.2, -0.15) is 15.8 Å². The fraction of sp³-hybridized carbons (Fsp3) is 0.308. The van der Waals surface area contributed by atoms with E-state index in [4.69, 9.17) is 40.4 Å². The van der Waals surface area contributed by atoms with E-state index in [1.165, 1.54) is 0 Å². The summed E-state index contributed by atoms with van der Waals surface area (Å²) in [5.41, 5.74) is 30.7. The maximum Gasteiger partial charge on any atom is 0.270 e. The number of piperidine rings is 1. The molecule has 3 aromatic carbocycles. The van der Waals surface area contributed by atoms with E-state index in [1.807, 2.05) is 153 Å². The Hall–Kier alpha value is -12.7. The minimum atomic E-state index is -0.740. The molecule has 11 heterocycles. The summed E-state index contributed by atoms with van der Waals surface area (Å²) in [5, 5.41) is 56.9. The molecule has 0 radical (unpaired) electrons. The minimum Gasteiger partial charge on any atom is -0.415 e. The molecule has 106 heavy (non-hydrogen) atoms. The quantitative estimate of drug-likeness (QED) is 0.0620. The number of benzene rings is 3. The van der Waals surface area contributed by atoms with E-state index in [1.54, 1.807) is 43.2 Å². The largest absolute Gasteiger partial charge is 0.415 e. The second kappa shape index (κ2) is 31.5. The highest BCUT2D eigenvalue weighted by Gasteiger charge is 2.28. The van der Waals surface area contributed by atoms with Gasteiger partial charge in [0.05, 0.1) is 98.6 Å². The number of nitrogens with one attached hydrogen (secondary N) is 1. The van der Waals surface area contributed by atoms with Crippen molar-refractivity contribution in [2.24, 2.45) is 11.5 Å². The third-order valence-corrected chi connectivity index (χ3v) is 18.5. The highest BCUT2D eigenvalue weighted by molar-refractivity contribution is 5.71. The number of rotatable bonds is 18. The van der Waals surface area contributed by atoms with Crippen LogP contribution in [0.15, 0.2) is 160 Å². The van der Waals surface area contributed by atoms with Gasteiger partial charge in [-0.05, 0) is 185 Å². The van der Waals surface area contributed by atoms with Gasteiger partial charge in [0.25, 0.3) is 17.7 Å². The Balaban J connectivity index is 0.000000204. The van der Waals surface area contributed by atoms with Gasteiger partial charge in [0.15, 0.2) is 11.5 Å². The lowest BCUT2D eigenvalue weighted by atomic mass is 9.90. The number of hydrogen-bond acceptors (Lipinski definition) is 28. The molecule has 0 aliphatic carbocycles. The number of nitrogen functional groups attached to an aromatic ring is 1. The van der Waals surface area contributed by atoms with Crippen LogP contribution in [0.25, 0.3) is 103 Å². The molecule has 7 N–H and O–H groups in total. The van der Waals surface area contributed by atoms with Crippen LogP contribution in [0, 0.1) is 47.8 Å². The summed E-state index contributed by atoms with van der Waals surface area (Å²) < 4.78 is 18.0. The van der Waals surface area contributed by atoms with Crippen molar-refractivity contribution < 1.29 is 19.0 Å². The van der Waals surface area contributed by atoms with E-state index in [0.29, 0.717) is 98.1 Å². The summed E-state index contributed by atoms with van der Waals surface area (Å²) in [5.74, 6) is 2.15. The highest BCUT2D eigenvalue weighted by atomic mass is 16.4. The topological polar surface area (TPSA) is 404 Å². The first kappa shape index (κ1) is 73.1. The molecular formula is C78H89N25O3. The second-order valence-corrected chi connectivity index (χ2v) is 27.6. The smallest absolute Gasteiger partial charge is 0.270 e. The Labute approximate surface area is 619 Å². The third kappa shape index (κ3) is 16.7. The number of pyridine rings is 3. The van der Waals surface area contributed by atoms with Crippen LogP contribution in [0.2, 0.25) is 0 Å². The standard InChI is InChI=1S/C27H28N8O.C26H28N8O.C25H25N9O.4H2/c1-17-24(32-22(15-31-17)19-8-11-30-23(14-19)27(2,3)16-28)26-34-33-25(36-26)18-4-6-21(7-5-18)35-12-9-20(29)10-13-35;1-17-23(31-21(15-30-17)19-10-11-29-22(14-19)26(2,3)16-27)25-33-32-24(35-25)18-6-8-20(9-7-18)34(5)13-12-28-4;1-25(2,14-26)20-11-15(6-8-29-20)19-12-30-22(28)21(31-19)24-33-32-23(35-24)16-4-3-5-18(10-16)34-9-7-17(27)13-34;;;;/h4-8,11,14-15,20H,9-10,12-13,29H2,1-3H3;6-11,14-15,28H,12-13H2,1-5H3;3-6,8,10-12,17H,7,9,13,27H2,1-2H3,(H2,28,30);4*1H/t;;17-;;;;/m..1..../s1. The van der Waals surface area contributed by atoms with Crippen molar-refractivity contribution >= 4 is 22.9 Å². The average molecular weight is 1420 g/mol. The van der Waals surface area contributed by atoms with Gasteiger partial charge in [0.2, 0.25) is 17.7 Å². The highest BCUT2D eigenvalue weighted by Crippen LogP contribution is 2.36. The van der Waals surface area contributed by atoms with Gasteiger partial charge < -0.3 is 50.5 Å². The van der Waals surface area contributed by atoms with Crippen LogP contribution in [0.4, 0.5) is 22.9 Å². The number of nitrogens with zero attached hydrogens (tertiary/aromatic N) is 21. The van der Waals surface area contributed by atoms with Crippen LogP contribution in [-0.2, 0) is 16.2 Å². The molecule has 0 unspecified atom stereocenters. The molecule has 2 saturated heterocycles. The molecule has 0 amide bonds. The maximum absolute atomic E-state index is 9.47. The zero-order valence-corrected chi connectivity index (χ0v) is 60.7. The molecule has 28 heteroatoms. The molecule has 544 valence electrons. The number of aromatic nitrogens is 15. The van der Waals surface area contributed by atoms with Gasteiger partial charge >= 0.3 is 0 Å². The Kier molecular flexibility index (Phi) is 21.7. The minimum absolute atomic E-state index is 0. The summed E-state index contributed by atoms with van der Waals surface area (Å²) in [7, 11) is 3.99. The molecule has 2 aliphatic rings. The van der Waals surface area contributed by atoms with E-state index < -0.39 is 16.2 Å². The van der Waals surface area contributed by atoms with E-state index in [2.05, 4.69) is 123 Å². The van der Waals surface area contributed by atoms with Gasteiger partial charge in [-0.1, -0.05) is 6.07 Å². The monoisotopic (exact) mass is 1420 g/mol. The van der Waals surface area contributed by atoms with E-state index >= 15 is 0 Å². The average Bonchev–Trinajstić information content (AvgIpc) is 1.51. The van der Waals surface area contributed by atoms with Crippen molar-refractivity contribution in [3.8, 4) is 121 Å². The second-order valence-electron chi connectivity index (χ2n) is 27.6. The van der Waals surface area contributed by atoms with Crippen LogP contribution in [0.3, 0.4) is 0 Å². The first-order chi connectivity index (χ1) is 51.0. The first-order valence-electron chi connectivity index (χ1n) is 34.6. The van der Waals surface area contributed by atoms with Crippen molar-refractivity contribution in [3.63, 3.8) is 0 Å². The van der Waals surface area contributed by atoms with Crippen molar-refractivity contribution in [2.75, 3.05) is 73.8 Å². The Bertz CT molecular complexity index is 5240. The van der Waals surface area contributed by atoms with Gasteiger partial charge in [-0.15, -0.1) is 30.6 Å². The molecular weight excluding hydrogens is 1340 g/mol. The SMILES string of the molecule is CC(C)(C#N)c1cc(-c2cnc(N)c(-c3nnc(-c4cccc(N5CC[C@@H](N)C5)c4)o3)n2)ccn1.CNCCN(C)c1ccc(-c2nnc(-c3nc(-c4ccnc(C(C)(C)C#N)c4)cnc3C)o2)cc1.Cc1ncc(-c2ccnc(C(C)(C)C#N)c2)nc1-c1nnc(-c2ccc(N3CCC(N)CC3)cc2)o1.[HH].[HH].[HH].[HH]. The zero-order valence-electron chi connectivity index (χ0n) is 60.7. The van der Waals surface area contributed by atoms with Crippen LogP contribution < -0.4 is 37.2 Å². The summed E-state index contributed by atoms with van der Waals surface area (Å²) in [6.45, 7) is 20.1. The molecule has 9 aromatic heterocycles. The lowest BCUT2D eigenvalue weighted by molar-refractivity contribution is 0.501. The Morgan fingerprint density at radius 3 is 1.36 bits per heavy atom. The van der Waals surface area contributed by atoms with Crippen molar-refractivity contribution in [1.82, 2.24) is 80.8 Å². The zero-order chi connectivity index (χ0) is 74.9. The van der Waals surface area contributed by atoms with Crippen LogP contribution in [-0.4, -0.2) is 141 Å². The van der Waals surface area contributed by atoms with Crippen molar-refractivity contribution in [3.05, 3.63) is 175 Å². The third-order valence-electron chi connectivity index (χ3n) is 18.5. The van der Waals surface area contributed by atoms with E-state index in [-0.39, 0.29) is 23.5 Å². The van der Waals surface area contributed by atoms with Gasteiger partial charge in [0.1, 0.15) is 11.4 Å². The van der Waals surface area contributed by atoms with Gasteiger partial charge in [0, 0.05) is 133 Å². The lowest BCUT2D eigenvalue weighted by Gasteiger charge is -2.32. The maximum atomic E-state index is 9.47. The normalized spacial score (nSPS) is 13.9. The summed E-state index contributed by atoms with van der Waals surface area (Å²) >= 11 is 0. The van der Waals surface area contributed by atoms with Crippen LogP contribution in [0.5, 0.6) is 0 Å². The molecule has 0 saturated carbocycles. The predicted molar refractivity (Wildman–Crippen MR) is 412 cm³/mol. The van der Waals surface area contributed by atoms with E-state index in [0.717, 1.165) is 109 Å². The summed E-state index contributed by atoms with van der Waals surface area (Å²) in [6, 6.07) is 42.4. The fourth-order valence-electron chi connectivity index (χ4n) is 11.6. The van der Waals surface area contributed by atoms with Gasteiger partial charge in [-0.25, -0.2) is 19.9 Å². The number of hydrogen-bond donors (Lipinski definition) is 4. The van der Waals surface area contributed by atoms with Crippen molar-refractivity contribution in [2.45, 2.75) is 103 Å². The fourth-order valence-corrected chi connectivity index (χ4v) is 11.6. The number of nitriles is 3. The number of likely N-dealkylation sites (N-methyl/N-ethyl adjacent to an activating group) is 2. The Morgan fingerprint density at radius 2 is 0.906 bits per heavy atom. The molecule has 0 spiro atoms. The van der Waals surface area contributed by atoms with Crippen molar-refractivity contribution in [1.29, 1.82) is 15.8 Å². The first-order valence-corrected chi connectivity index (χ1v) is 34.6. The summed E-state index contributed by atoms with van der Waals surface area (Å²) in [4.78, 5) is 47.3. The molecule has 1 atom stereocenters. The van der Waals surface area contributed by atoms with Crippen LogP contribution >= 0.6 is 0 Å².